The van der Waals surface area contributed by atoms with Crippen LogP contribution in [0, 0.1) is 4.91 Å². The van der Waals surface area contributed by atoms with Gasteiger partial charge in [0.15, 0.2) is 0 Å². The van der Waals surface area contributed by atoms with Gasteiger partial charge in [-0.05, 0) is 37.0 Å². The second-order valence-corrected chi connectivity index (χ2v) is 5.04. The minimum atomic E-state index is -0.212. The van der Waals surface area contributed by atoms with Crippen LogP contribution in [0.1, 0.15) is 31.2 Å². The van der Waals surface area contributed by atoms with E-state index in [9.17, 15) is 4.91 Å². The van der Waals surface area contributed by atoms with E-state index in [1.54, 1.807) is 12.1 Å². The normalized spacial score (nSPS) is 22.7. The number of rotatable bonds is 2. The maximum atomic E-state index is 10.8. The highest BCUT2D eigenvalue weighted by molar-refractivity contribution is 6.37. The molecule has 2 nitrogen and oxygen atoms in total. The Bertz CT molecular complexity index is 436. The van der Waals surface area contributed by atoms with Crippen LogP contribution in [0.2, 0.25) is 10.0 Å². The molecule has 4 heteroatoms. The molecule has 1 atom stereocenters. The van der Waals surface area contributed by atoms with Gasteiger partial charge in [-0.15, -0.1) is 0 Å². The van der Waals surface area contributed by atoms with Crippen molar-refractivity contribution >= 4 is 29.3 Å². The largest absolute Gasteiger partial charge is 0.150 e. The third-order valence-corrected chi connectivity index (χ3v) is 3.74. The van der Waals surface area contributed by atoms with Gasteiger partial charge >= 0.3 is 0 Å². The molecular weight excluding hydrogens is 257 g/mol. The SMILES string of the molecule is O=NC1CCCCC1=Cc1c(Cl)cccc1Cl. The van der Waals surface area contributed by atoms with Crippen LogP contribution >= 0.6 is 23.2 Å². The number of hydrogen-bond acceptors (Lipinski definition) is 2. The van der Waals surface area contributed by atoms with Crippen LogP contribution in [0.5, 0.6) is 0 Å². The highest BCUT2D eigenvalue weighted by atomic mass is 35.5. The van der Waals surface area contributed by atoms with E-state index in [-0.39, 0.29) is 6.04 Å². The molecule has 0 radical (unpaired) electrons. The quantitative estimate of drug-likeness (QED) is 0.688. The predicted octanol–water partition coefficient (Wildman–Crippen LogP) is 5.09. The van der Waals surface area contributed by atoms with Gasteiger partial charge in [0.2, 0.25) is 0 Å². The Kier molecular flexibility index (Phi) is 4.19. The smallest absolute Gasteiger partial charge is 0.113 e. The summed E-state index contributed by atoms with van der Waals surface area (Å²) in [6.07, 6.45) is 5.81. The van der Waals surface area contributed by atoms with Crippen molar-refractivity contribution in [2.75, 3.05) is 0 Å². The summed E-state index contributed by atoms with van der Waals surface area (Å²) in [6.45, 7) is 0. The summed E-state index contributed by atoms with van der Waals surface area (Å²) in [5, 5.41) is 4.40. The first-order chi connectivity index (χ1) is 8.22. The maximum absolute atomic E-state index is 10.8. The Morgan fingerprint density at radius 3 is 2.59 bits per heavy atom. The lowest BCUT2D eigenvalue weighted by Crippen LogP contribution is -2.12. The molecule has 0 spiro atoms. The molecule has 0 bridgehead atoms. The van der Waals surface area contributed by atoms with Gasteiger partial charge in [-0.2, -0.15) is 4.91 Å². The van der Waals surface area contributed by atoms with Crippen molar-refractivity contribution < 1.29 is 0 Å². The van der Waals surface area contributed by atoms with Crippen molar-refractivity contribution in [3.8, 4) is 0 Å². The molecule has 2 rings (SSSR count). The number of hydrogen-bond donors (Lipinski definition) is 0. The first-order valence-corrected chi connectivity index (χ1v) is 6.45. The molecule has 1 aromatic rings. The summed E-state index contributed by atoms with van der Waals surface area (Å²) >= 11 is 12.2. The zero-order chi connectivity index (χ0) is 12.3. The zero-order valence-electron chi connectivity index (χ0n) is 9.33. The molecule has 1 aliphatic carbocycles. The van der Waals surface area contributed by atoms with Gasteiger partial charge < -0.3 is 0 Å². The van der Waals surface area contributed by atoms with Crippen LogP contribution in [0.4, 0.5) is 0 Å². The third kappa shape index (κ3) is 2.88. The fraction of sp³-hybridized carbons (Fsp3) is 0.385. The van der Waals surface area contributed by atoms with E-state index in [2.05, 4.69) is 5.18 Å². The molecule has 1 unspecified atom stereocenters. The monoisotopic (exact) mass is 269 g/mol. The molecule has 0 aromatic heterocycles. The van der Waals surface area contributed by atoms with Crippen LogP contribution in [0.3, 0.4) is 0 Å². The molecule has 0 aliphatic heterocycles. The molecule has 0 amide bonds. The Hall–Kier alpha value is -0.860. The lowest BCUT2D eigenvalue weighted by atomic mass is 9.89. The molecule has 90 valence electrons. The Labute approximate surface area is 111 Å². The van der Waals surface area contributed by atoms with E-state index in [1.165, 1.54) is 0 Å². The average Bonchev–Trinajstić information content (AvgIpc) is 2.34. The van der Waals surface area contributed by atoms with Crippen molar-refractivity contribution in [3.05, 3.63) is 44.3 Å². The first kappa shape index (κ1) is 12.6. The average molecular weight is 270 g/mol. The van der Waals surface area contributed by atoms with Crippen LogP contribution in [-0.2, 0) is 0 Å². The molecule has 0 heterocycles. The minimum Gasteiger partial charge on any atom is -0.150 e. The second-order valence-electron chi connectivity index (χ2n) is 4.22. The molecule has 1 aromatic carbocycles. The van der Waals surface area contributed by atoms with E-state index >= 15 is 0 Å². The Balaban J connectivity index is 2.36. The van der Waals surface area contributed by atoms with Crippen molar-refractivity contribution in [1.82, 2.24) is 0 Å². The van der Waals surface area contributed by atoms with Crippen LogP contribution in [0.25, 0.3) is 6.08 Å². The molecule has 0 saturated heterocycles. The van der Waals surface area contributed by atoms with E-state index in [0.717, 1.165) is 36.8 Å². The van der Waals surface area contributed by atoms with Gasteiger partial charge in [-0.3, -0.25) is 0 Å². The number of halogens is 2. The highest BCUT2D eigenvalue weighted by Gasteiger charge is 2.19. The van der Waals surface area contributed by atoms with E-state index < -0.39 is 0 Å². The zero-order valence-corrected chi connectivity index (χ0v) is 10.8. The van der Waals surface area contributed by atoms with Gasteiger partial charge in [-0.25, -0.2) is 0 Å². The minimum absolute atomic E-state index is 0.212. The van der Waals surface area contributed by atoms with Crippen molar-refractivity contribution in [2.45, 2.75) is 31.7 Å². The predicted molar refractivity (Wildman–Crippen MR) is 72.5 cm³/mol. The molecular formula is C13H13Cl2NO. The Morgan fingerprint density at radius 2 is 1.94 bits per heavy atom. The van der Waals surface area contributed by atoms with Gasteiger partial charge in [0.05, 0.1) is 0 Å². The van der Waals surface area contributed by atoms with Crippen LogP contribution in [0.15, 0.2) is 28.9 Å². The van der Waals surface area contributed by atoms with Crippen molar-refractivity contribution in [1.29, 1.82) is 0 Å². The van der Waals surface area contributed by atoms with Crippen LogP contribution < -0.4 is 0 Å². The summed E-state index contributed by atoms with van der Waals surface area (Å²) in [6, 6.07) is 5.19. The molecule has 1 aliphatic rings. The summed E-state index contributed by atoms with van der Waals surface area (Å²) in [7, 11) is 0. The van der Waals surface area contributed by atoms with Crippen LogP contribution in [-0.4, -0.2) is 6.04 Å². The molecule has 0 N–H and O–H groups in total. The standard InChI is InChI=1S/C13H13Cl2NO/c14-11-5-3-6-12(15)10(11)8-9-4-1-2-7-13(9)16-17/h3,5-6,8,13H,1-2,4,7H2. The van der Waals surface area contributed by atoms with Gasteiger partial charge in [0.1, 0.15) is 6.04 Å². The topological polar surface area (TPSA) is 29.4 Å². The summed E-state index contributed by atoms with van der Waals surface area (Å²) in [4.78, 5) is 10.8. The lowest BCUT2D eigenvalue weighted by Gasteiger charge is -2.19. The molecule has 17 heavy (non-hydrogen) atoms. The van der Waals surface area contributed by atoms with Gasteiger partial charge in [-0.1, -0.05) is 46.9 Å². The number of benzene rings is 1. The van der Waals surface area contributed by atoms with Gasteiger partial charge in [0.25, 0.3) is 0 Å². The molecule has 1 fully saturated rings. The Morgan fingerprint density at radius 1 is 1.24 bits per heavy atom. The van der Waals surface area contributed by atoms with E-state index in [1.807, 2.05) is 12.1 Å². The number of nitrogens with zero attached hydrogens (tertiary/aromatic N) is 1. The van der Waals surface area contributed by atoms with E-state index in [4.69, 9.17) is 23.2 Å². The van der Waals surface area contributed by atoms with Crippen molar-refractivity contribution in [3.63, 3.8) is 0 Å². The lowest BCUT2D eigenvalue weighted by molar-refractivity contribution is 0.539. The fourth-order valence-electron chi connectivity index (χ4n) is 2.14. The van der Waals surface area contributed by atoms with Gasteiger partial charge in [0, 0.05) is 15.6 Å². The fourth-order valence-corrected chi connectivity index (χ4v) is 2.65. The van der Waals surface area contributed by atoms with Crippen molar-refractivity contribution in [2.24, 2.45) is 5.18 Å². The number of nitroso groups, excluding NO2 is 1. The maximum Gasteiger partial charge on any atom is 0.113 e. The summed E-state index contributed by atoms with van der Waals surface area (Å²) in [5.41, 5.74) is 1.84. The van der Waals surface area contributed by atoms with E-state index in [0.29, 0.717) is 10.0 Å². The first-order valence-electron chi connectivity index (χ1n) is 5.69. The summed E-state index contributed by atoms with van der Waals surface area (Å²) in [5.74, 6) is 0. The highest BCUT2D eigenvalue weighted by Crippen LogP contribution is 2.32. The third-order valence-electron chi connectivity index (χ3n) is 3.08. The molecule has 1 saturated carbocycles. The second kappa shape index (κ2) is 5.65. The summed E-state index contributed by atoms with van der Waals surface area (Å²) < 4.78 is 0.